The Morgan fingerprint density at radius 1 is 1.15 bits per heavy atom. The van der Waals surface area contributed by atoms with Crippen molar-refractivity contribution in [3.8, 4) is 17.1 Å². The van der Waals surface area contributed by atoms with Crippen molar-refractivity contribution in [3.05, 3.63) is 42.0 Å². The molecule has 0 aliphatic heterocycles. The molecule has 4 nitrogen and oxygen atoms in total. The monoisotopic (exact) mass is 267 g/mol. The third kappa shape index (κ3) is 1.90. The number of aryl methyl sites for hydroxylation is 2. The van der Waals surface area contributed by atoms with Crippen LogP contribution in [0.4, 0.5) is 5.69 Å². The molecule has 0 saturated carbocycles. The van der Waals surface area contributed by atoms with E-state index < -0.39 is 0 Å². The molecule has 1 aromatic heterocycles. The van der Waals surface area contributed by atoms with E-state index >= 15 is 0 Å². The number of fused-ring (bicyclic) bond motifs is 1. The maximum Gasteiger partial charge on any atom is 0.143 e. The molecule has 3 rings (SSSR count). The zero-order valence-electron chi connectivity index (χ0n) is 11.8. The minimum Gasteiger partial charge on any atom is -0.497 e. The molecule has 0 amide bonds. The first kappa shape index (κ1) is 12.5. The number of nitrogens with two attached hydrogens (primary N) is 1. The number of nitrogens with zero attached hydrogens (tertiary/aromatic N) is 2. The lowest BCUT2D eigenvalue weighted by molar-refractivity contribution is 0.415. The van der Waals surface area contributed by atoms with Gasteiger partial charge in [0.1, 0.15) is 11.6 Å². The van der Waals surface area contributed by atoms with Gasteiger partial charge in [0.05, 0.1) is 18.1 Å². The predicted molar refractivity (Wildman–Crippen MR) is 81.9 cm³/mol. The van der Waals surface area contributed by atoms with Gasteiger partial charge in [-0.25, -0.2) is 4.98 Å². The normalized spacial score (nSPS) is 10.9. The van der Waals surface area contributed by atoms with Gasteiger partial charge >= 0.3 is 0 Å². The number of imidazole rings is 1. The van der Waals surface area contributed by atoms with Crippen LogP contribution in [0, 0.1) is 6.92 Å². The highest BCUT2D eigenvalue weighted by molar-refractivity contribution is 5.84. The number of hydrogen-bond acceptors (Lipinski definition) is 3. The number of methoxy groups -OCH3 is 1. The fourth-order valence-corrected chi connectivity index (χ4v) is 2.41. The molecule has 0 aliphatic rings. The molecular weight excluding hydrogens is 250 g/mol. The van der Waals surface area contributed by atoms with Crippen LogP contribution in [-0.4, -0.2) is 16.7 Å². The average molecular weight is 267 g/mol. The molecule has 0 aliphatic carbocycles. The third-order valence-electron chi connectivity index (χ3n) is 3.54. The Morgan fingerprint density at radius 3 is 2.70 bits per heavy atom. The van der Waals surface area contributed by atoms with Crippen molar-refractivity contribution in [3.63, 3.8) is 0 Å². The van der Waals surface area contributed by atoms with Crippen LogP contribution in [0.2, 0.25) is 0 Å². The molecule has 0 fully saturated rings. The number of benzene rings is 2. The van der Waals surface area contributed by atoms with Gasteiger partial charge < -0.3 is 15.0 Å². The van der Waals surface area contributed by atoms with Crippen molar-refractivity contribution in [1.29, 1.82) is 0 Å². The topological polar surface area (TPSA) is 53.1 Å². The second-order valence-corrected chi connectivity index (χ2v) is 4.94. The second kappa shape index (κ2) is 4.56. The SMILES string of the molecule is COc1ccc(N)c(-c2nc3cc(C)ccc3n2C)c1. The first-order chi connectivity index (χ1) is 9.60. The first-order valence-corrected chi connectivity index (χ1v) is 6.47. The summed E-state index contributed by atoms with van der Waals surface area (Å²) in [7, 11) is 3.65. The Balaban J connectivity index is 2.26. The number of aromatic nitrogens is 2. The van der Waals surface area contributed by atoms with Gasteiger partial charge in [0.15, 0.2) is 0 Å². The van der Waals surface area contributed by atoms with Gasteiger partial charge in [-0.3, -0.25) is 0 Å². The van der Waals surface area contributed by atoms with E-state index in [1.807, 2.05) is 25.2 Å². The van der Waals surface area contributed by atoms with E-state index in [0.717, 1.165) is 28.2 Å². The fraction of sp³-hybridized carbons (Fsp3) is 0.188. The molecule has 20 heavy (non-hydrogen) atoms. The summed E-state index contributed by atoms with van der Waals surface area (Å²) in [5.41, 5.74) is 10.9. The molecule has 2 aromatic carbocycles. The molecule has 0 atom stereocenters. The van der Waals surface area contributed by atoms with E-state index in [0.29, 0.717) is 5.69 Å². The predicted octanol–water partition coefficient (Wildman–Crippen LogP) is 3.14. The van der Waals surface area contributed by atoms with Crippen molar-refractivity contribution >= 4 is 16.7 Å². The van der Waals surface area contributed by atoms with Crippen LogP contribution in [0.15, 0.2) is 36.4 Å². The lowest BCUT2D eigenvalue weighted by Gasteiger charge is -2.08. The smallest absolute Gasteiger partial charge is 0.143 e. The molecule has 0 unspecified atom stereocenters. The highest BCUT2D eigenvalue weighted by Crippen LogP contribution is 2.31. The number of nitrogen functional groups attached to an aromatic ring is 1. The molecule has 3 aromatic rings. The Morgan fingerprint density at radius 2 is 1.95 bits per heavy atom. The van der Waals surface area contributed by atoms with Crippen molar-refractivity contribution < 1.29 is 4.74 Å². The Hall–Kier alpha value is -2.49. The van der Waals surface area contributed by atoms with Crippen LogP contribution < -0.4 is 10.5 Å². The highest BCUT2D eigenvalue weighted by atomic mass is 16.5. The van der Waals surface area contributed by atoms with Crippen LogP contribution >= 0.6 is 0 Å². The van der Waals surface area contributed by atoms with Crippen LogP contribution in [0.25, 0.3) is 22.4 Å². The molecule has 0 spiro atoms. The lowest BCUT2D eigenvalue weighted by atomic mass is 10.1. The van der Waals surface area contributed by atoms with Crippen molar-refractivity contribution in [2.45, 2.75) is 6.92 Å². The van der Waals surface area contributed by atoms with E-state index in [1.165, 1.54) is 5.56 Å². The summed E-state index contributed by atoms with van der Waals surface area (Å²) >= 11 is 0. The maximum atomic E-state index is 6.09. The van der Waals surface area contributed by atoms with E-state index in [-0.39, 0.29) is 0 Å². The van der Waals surface area contributed by atoms with Gasteiger partial charge in [0.2, 0.25) is 0 Å². The third-order valence-corrected chi connectivity index (χ3v) is 3.54. The zero-order valence-corrected chi connectivity index (χ0v) is 11.8. The molecule has 1 heterocycles. The van der Waals surface area contributed by atoms with Gasteiger partial charge in [-0.05, 0) is 42.8 Å². The highest BCUT2D eigenvalue weighted by Gasteiger charge is 2.13. The van der Waals surface area contributed by atoms with E-state index in [4.69, 9.17) is 15.5 Å². The summed E-state index contributed by atoms with van der Waals surface area (Å²) in [6.07, 6.45) is 0. The summed E-state index contributed by atoms with van der Waals surface area (Å²) in [4.78, 5) is 4.71. The summed E-state index contributed by atoms with van der Waals surface area (Å²) < 4.78 is 7.33. The molecule has 0 bridgehead atoms. The van der Waals surface area contributed by atoms with Crippen molar-refractivity contribution in [2.75, 3.05) is 12.8 Å². The van der Waals surface area contributed by atoms with Gasteiger partial charge in [0.25, 0.3) is 0 Å². The summed E-state index contributed by atoms with van der Waals surface area (Å²) in [6.45, 7) is 2.06. The van der Waals surface area contributed by atoms with Gasteiger partial charge in [0, 0.05) is 18.3 Å². The second-order valence-electron chi connectivity index (χ2n) is 4.94. The Kier molecular flexibility index (Phi) is 2.86. The van der Waals surface area contributed by atoms with Crippen LogP contribution in [0.5, 0.6) is 5.75 Å². The summed E-state index contributed by atoms with van der Waals surface area (Å²) in [5.74, 6) is 1.62. The van der Waals surface area contributed by atoms with Gasteiger partial charge in [-0.15, -0.1) is 0 Å². The molecule has 102 valence electrons. The summed E-state index contributed by atoms with van der Waals surface area (Å²) in [6, 6.07) is 11.9. The Labute approximate surface area is 117 Å². The van der Waals surface area contributed by atoms with Crippen LogP contribution in [0.1, 0.15) is 5.56 Å². The van der Waals surface area contributed by atoms with Crippen molar-refractivity contribution in [2.24, 2.45) is 7.05 Å². The molecule has 0 radical (unpaired) electrons. The minimum absolute atomic E-state index is 0.695. The fourth-order valence-electron chi connectivity index (χ4n) is 2.41. The maximum absolute atomic E-state index is 6.09. The number of ether oxygens (including phenoxy) is 1. The van der Waals surface area contributed by atoms with Gasteiger partial charge in [-0.2, -0.15) is 0 Å². The molecule has 2 N–H and O–H groups in total. The van der Waals surface area contributed by atoms with Crippen molar-refractivity contribution in [1.82, 2.24) is 9.55 Å². The lowest BCUT2D eigenvalue weighted by Crippen LogP contribution is -1.97. The Bertz CT molecular complexity index is 790. The van der Waals surface area contributed by atoms with E-state index in [9.17, 15) is 0 Å². The average Bonchev–Trinajstić information content (AvgIpc) is 2.76. The largest absolute Gasteiger partial charge is 0.497 e. The van der Waals surface area contributed by atoms with E-state index in [2.05, 4.69) is 29.7 Å². The van der Waals surface area contributed by atoms with Crippen LogP contribution in [-0.2, 0) is 7.05 Å². The van der Waals surface area contributed by atoms with E-state index in [1.54, 1.807) is 7.11 Å². The number of rotatable bonds is 2. The summed E-state index contributed by atoms with van der Waals surface area (Å²) in [5, 5.41) is 0. The standard InChI is InChI=1S/C16H17N3O/c1-10-4-7-15-14(8-10)18-16(19(15)2)12-9-11(20-3)5-6-13(12)17/h4-9H,17H2,1-3H3. The van der Waals surface area contributed by atoms with Crippen LogP contribution in [0.3, 0.4) is 0 Å². The molecular formula is C16H17N3O. The molecule has 4 heteroatoms. The van der Waals surface area contributed by atoms with Gasteiger partial charge in [-0.1, -0.05) is 6.07 Å². The quantitative estimate of drug-likeness (QED) is 0.726. The molecule has 0 saturated heterocycles. The zero-order chi connectivity index (χ0) is 14.3. The number of hydrogen-bond donors (Lipinski definition) is 1. The first-order valence-electron chi connectivity index (χ1n) is 6.47. The minimum atomic E-state index is 0.695. The number of anilines is 1.